The SMILES string of the molecule is CCc1c(C#N)c(N)nc(SCC(=O)c2cc(C)c(C)cc2C)c1C#N. The third kappa shape index (κ3) is 3.71. The van der Waals surface area contributed by atoms with Crippen molar-refractivity contribution in [2.24, 2.45) is 0 Å². The van der Waals surface area contributed by atoms with Gasteiger partial charge in [0.05, 0.1) is 16.9 Å². The number of benzene rings is 1. The molecule has 0 aliphatic carbocycles. The summed E-state index contributed by atoms with van der Waals surface area (Å²) in [6.07, 6.45) is 0.496. The topological polar surface area (TPSA) is 104 Å². The van der Waals surface area contributed by atoms with Gasteiger partial charge in [-0.15, -0.1) is 0 Å². The van der Waals surface area contributed by atoms with E-state index in [1.165, 1.54) is 11.8 Å². The van der Waals surface area contributed by atoms with Crippen LogP contribution in [0.4, 0.5) is 5.82 Å². The zero-order valence-electron chi connectivity index (χ0n) is 15.3. The maximum atomic E-state index is 12.6. The maximum Gasteiger partial charge on any atom is 0.173 e. The summed E-state index contributed by atoms with van der Waals surface area (Å²) < 4.78 is 0. The van der Waals surface area contributed by atoms with Crippen LogP contribution in [0.2, 0.25) is 0 Å². The number of nitrogens with two attached hydrogens (primary N) is 1. The van der Waals surface area contributed by atoms with E-state index in [2.05, 4.69) is 11.1 Å². The van der Waals surface area contributed by atoms with Crippen LogP contribution in [0.3, 0.4) is 0 Å². The Kier molecular flexibility index (Phi) is 6.02. The number of rotatable bonds is 5. The van der Waals surface area contributed by atoms with Crippen LogP contribution in [-0.4, -0.2) is 16.5 Å². The van der Waals surface area contributed by atoms with Gasteiger partial charge in [-0.3, -0.25) is 4.79 Å². The quantitative estimate of drug-likeness (QED) is 0.638. The zero-order valence-corrected chi connectivity index (χ0v) is 16.1. The number of thioether (sulfide) groups is 1. The minimum absolute atomic E-state index is 0.0257. The highest BCUT2D eigenvalue weighted by Gasteiger charge is 2.19. The van der Waals surface area contributed by atoms with E-state index < -0.39 is 0 Å². The number of aryl methyl sites for hydroxylation is 3. The van der Waals surface area contributed by atoms with Crippen LogP contribution in [-0.2, 0) is 6.42 Å². The second-order valence-electron chi connectivity index (χ2n) is 6.07. The molecule has 0 atom stereocenters. The van der Waals surface area contributed by atoms with Gasteiger partial charge in [-0.25, -0.2) is 4.98 Å². The monoisotopic (exact) mass is 364 g/mol. The molecule has 0 spiro atoms. The molecule has 0 amide bonds. The predicted molar refractivity (Wildman–Crippen MR) is 103 cm³/mol. The van der Waals surface area contributed by atoms with Gasteiger partial charge in [-0.05, 0) is 55.5 Å². The number of anilines is 1. The lowest BCUT2D eigenvalue weighted by Crippen LogP contribution is -2.09. The van der Waals surface area contributed by atoms with Crippen molar-refractivity contribution in [2.75, 3.05) is 11.5 Å². The predicted octanol–water partition coefficient (Wildman–Crippen LogP) is 3.87. The van der Waals surface area contributed by atoms with E-state index >= 15 is 0 Å². The van der Waals surface area contributed by atoms with E-state index in [1.807, 2.05) is 45.9 Å². The molecule has 26 heavy (non-hydrogen) atoms. The van der Waals surface area contributed by atoms with E-state index in [0.717, 1.165) is 16.7 Å². The van der Waals surface area contributed by atoms with Crippen LogP contribution in [0, 0.1) is 43.4 Å². The van der Waals surface area contributed by atoms with Gasteiger partial charge < -0.3 is 5.73 Å². The average Bonchev–Trinajstić information content (AvgIpc) is 2.61. The normalized spacial score (nSPS) is 10.2. The number of aromatic nitrogens is 1. The van der Waals surface area contributed by atoms with Crippen molar-refractivity contribution in [3.8, 4) is 12.1 Å². The molecular weight excluding hydrogens is 344 g/mol. The lowest BCUT2D eigenvalue weighted by Gasteiger charge is -2.12. The van der Waals surface area contributed by atoms with Gasteiger partial charge in [0, 0.05) is 5.56 Å². The summed E-state index contributed by atoms with van der Waals surface area (Å²) in [6, 6.07) is 8.02. The molecule has 0 bridgehead atoms. The Balaban J connectivity index is 2.35. The summed E-state index contributed by atoms with van der Waals surface area (Å²) >= 11 is 1.18. The molecule has 2 aromatic rings. The first kappa shape index (κ1) is 19.5. The number of hydrogen-bond donors (Lipinski definition) is 1. The number of carbonyl (C=O) groups is 1. The number of Topliss-reactive ketones (excluding diaryl/α,β-unsaturated/α-hetero) is 1. The molecule has 0 saturated carbocycles. The molecule has 0 aliphatic rings. The Morgan fingerprint density at radius 2 is 1.73 bits per heavy atom. The standard InChI is InChI=1S/C20H20N4OS/c1-5-14-16(8-21)19(23)24-20(17(14)9-22)26-10-18(25)15-7-12(3)11(2)6-13(15)4/h6-7H,5,10H2,1-4H3,(H2,23,24). The van der Waals surface area contributed by atoms with Crippen molar-refractivity contribution in [1.82, 2.24) is 4.98 Å². The molecule has 6 heteroatoms. The minimum Gasteiger partial charge on any atom is -0.383 e. The fourth-order valence-corrected chi connectivity index (χ4v) is 3.70. The second kappa shape index (κ2) is 8.03. The summed E-state index contributed by atoms with van der Waals surface area (Å²) in [6.45, 7) is 7.76. The van der Waals surface area contributed by atoms with Gasteiger partial charge in [0.2, 0.25) is 0 Å². The molecule has 132 valence electrons. The lowest BCUT2D eigenvalue weighted by atomic mass is 9.99. The Morgan fingerprint density at radius 3 is 2.31 bits per heavy atom. The lowest BCUT2D eigenvalue weighted by molar-refractivity contribution is 0.102. The fourth-order valence-electron chi connectivity index (χ4n) is 2.80. The van der Waals surface area contributed by atoms with Gasteiger partial charge in [-0.2, -0.15) is 10.5 Å². The minimum atomic E-state index is -0.0257. The Morgan fingerprint density at radius 1 is 1.12 bits per heavy atom. The van der Waals surface area contributed by atoms with Crippen molar-refractivity contribution >= 4 is 23.4 Å². The fraction of sp³-hybridized carbons (Fsp3) is 0.300. The molecule has 0 unspecified atom stereocenters. The van der Waals surface area contributed by atoms with E-state index in [1.54, 1.807) is 0 Å². The highest BCUT2D eigenvalue weighted by atomic mass is 32.2. The van der Waals surface area contributed by atoms with Crippen LogP contribution in [0.25, 0.3) is 0 Å². The van der Waals surface area contributed by atoms with E-state index in [-0.39, 0.29) is 22.9 Å². The van der Waals surface area contributed by atoms with Crippen molar-refractivity contribution in [3.63, 3.8) is 0 Å². The zero-order chi connectivity index (χ0) is 19.4. The first-order valence-corrected chi connectivity index (χ1v) is 9.18. The third-order valence-corrected chi connectivity index (χ3v) is 5.33. The van der Waals surface area contributed by atoms with E-state index in [0.29, 0.717) is 28.1 Å². The number of nitrogen functional groups attached to an aromatic ring is 1. The van der Waals surface area contributed by atoms with Gasteiger partial charge in [-0.1, -0.05) is 24.8 Å². The van der Waals surface area contributed by atoms with Crippen LogP contribution in [0.1, 0.15) is 50.7 Å². The summed E-state index contributed by atoms with van der Waals surface area (Å²) in [5.74, 6) is 0.224. The van der Waals surface area contributed by atoms with E-state index in [9.17, 15) is 15.3 Å². The summed E-state index contributed by atoms with van der Waals surface area (Å²) in [5, 5.41) is 19.1. The molecule has 1 aromatic carbocycles. The van der Waals surface area contributed by atoms with Gasteiger partial charge in [0.1, 0.15) is 23.0 Å². The van der Waals surface area contributed by atoms with Crippen LogP contribution in [0.15, 0.2) is 17.2 Å². The summed E-state index contributed by atoms with van der Waals surface area (Å²) in [4.78, 5) is 16.8. The molecule has 1 heterocycles. The number of carbonyl (C=O) groups excluding carboxylic acids is 1. The summed E-state index contributed by atoms with van der Waals surface area (Å²) in [7, 11) is 0. The van der Waals surface area contributed by atoms with Crippen molar-refractivity contribution < 1.29 is 4.79 Å². The number of hydrogen-bond acceptors (Lipinski definition) is 6. The van der Waals surface area contributed by atoms with Gasteiger partial charge >= 0.3 is 0 Å². The van der Waals surface area contributed by atoms with E-state index in [4.69, 9.17) is 5.73 Å². The number of nitriles is 2. The van der Waals surface area contributed by atoms with Crippen LogP contribution < -0.4 is 5.73 Å². The Hall–Kier alpha value is -2.83. The molecule has 0 fully saturated rings. The molecule has 0 saturated heterocycles. The number of pyridine rings is 1. The van der Waals surface area contributed by atoms with Crippen molar-refractivity contribution in [1.29, 1.82) is 10.5 Å². The molecule has 2 N–H and O–H groups in total. The average molecular weight is 364 g/mol. The molecule has 0 aliphatic heterocycles. The molecule has 0 radical (unpaired) electrons. The van der Waals surface area contributed by atoms with Crippen molar-refractivity contribution in [3.05, 3.63) is 51.1 Å². The van der Waals surface area contributed by atoms with Crippen molar-refractivity contribution in [2.45, 2.75) is 39.1 Å². The maximum absolute atomic E-state index is 12.6. The highest BCUT2D eigenvalue weighted by molar-refractivity contribution is 8.00. The Labute approximate surface area is 157 Å². The van der Waals surface area contributed by atoms with Gasteiger partial charge in [0.25, 0.3) is 0 Å². The largest absolute Gasteiger partial charge is 0.383 e. The Bertz CT molecular complexity index is 967. The highest BCUT2D eigenvalue weighted by Crippen LogP contribution is 2.29. The molecule has 5 nitrogen and oxygen atoms in total. The first-order chi connectivity index (χ1) is 12.3. The molecule has 1 aromatic heterocycles. The smallest absolute Gasteiger partial charge is 0.173 e. The molecule has 2 rings (SSSR count). The number of nitrogens with zero attached hydrogens (tertiary/aromatic N) is 3. The third-order valence-electron chi connectivity index (χ3n) is 4.35. The molecular formula is C20H20N4OS. The van der Waals surface area contributed by atoms with Crippen LogP contribution >= 0.6 is 11.8 Å². The number of ketones is 1. The second-order valence-corrected chi connectivity index (χ2v) is 7.04. The first-order valence-electron chi connectivity index (χ1n) is 8.20. The van der Waals surface area contributed by atoms with Crippen LogP contribution in [0.5, 0.6) is 0 Å². The summed E-state index contributed by atoms with van der Waals surface area (Å²) in [5.41, 5.74) is 10.8. The van der Waals surface area contributed by atoms with Gasteiger partial charge in [0.15, 0.2) is 5.78 Å².